The van der Waals surface area contributed by atoms with Crippen LogP contribution in [-0.4, -0.2) is 42.5 Å². The number of rotatable bonds is 2. The van der Waals surface area contributed by atoms with E-state index in [0.717, 1.165) is 25.9 Å². The molecule has 17 heavy (non-hydrogen) atoms. The number of nitrogens with one attached hydrogen (secondary N) is 1. The van der Waals surface area contributed by atoms with Crippen molar-refractivity contribution in [3.05, 3.63) is 0 Å². The van der Waals surface area contributed by atoms with Gasteiger partial charge in [0.1, 0.15) is 0 Å². The molecule has 2 aliphatic rings. The van der Waals surface area contributed by atoms with Crippen molar-refractivity contribution in [1.29, 1.82) is 0 Å². The number of nitrogens with two attached hydrogens (primary N) is 1. The molecule has 0 radical (unpaired) electrons. The van der Waals surface area contributed by atoms with Crippen LogP contribution in [-0.2, 0) is 4.79 Å². The van der Waals surface area contributed by atoms with Crippen molar-refractivity contribution in [2.24, 2.45) is 17.1 Å². The first-order valence-electron chi connectivity index (χ1n) is 6.68. The molecule has 3 N–H and O–H groups in total. The maximum atomic E-state index is 11.7. The first-order chi connectivity index (χ1) is 7.95. The van der Waals surface area contributed by atoms with Gasteiger partial charge in [-0.25, -0.2) is 0 Å². The summed E-state index contributed by atoms with van der Waals surface area (Å²) in [5.41, 5.74) is 6.13. The lowest BCUT2D eigenvalue weighted by Gasteiger charge is -2.46. The van der Waals surface area contributed by atoms with Gasteiger partial charge >= 0.3 is 0 Å². The average molecular weight is 239 g/mol. The third-order valence-electron chi connectivity index (χ3n) is 4.27. The summed E-state index contributed by atoms with van der Waals surface area (Å²) in [5, 5.41) is 3.00. The molecule has 3 unspecified atom stereocenters. The van der Waals surface area contributed by atoms with Crippen molar-refractivity contribution in [3.8, 4) is 0 Å². The third-order valence-corrected chi connectivity index (χ3v) is 4.27. The van der Waals surface area contributed by atoms with Crippen molar-refractivity contribution >= 4 is 5.91 Å². The van der Waals surface area contributed by atoms with Gasteiger partial charge in [0.2, 0.25) is 5.91 Å². The first-order valence-corrected chi connectivity index (χ1v) is 6.68. The van der Waals surface area contributed by atoms with Crippen LogP contribution in [0.1, 0.15) is 33.6 Å². The van der Waals surface area contributed by atoms with Crippen molar-refractivity contribution in [3.63, 3.8) is 0 Å². The van der Waals surface area contributed by atoms with Crippen LogP contribution in [0.3, 0.4) is 0 Å². The highest BCUT2D eigenvalue weighted by atomic mass is 16.2. The zero-order valence-electron chi connectivity index (χ0n) is 11.2. The lowest BCUT2D eigenvalue weighted by atomic mass is 9.81. The number of carbonyl (C=O) groups excluding carboxylic acids is 1. The van der Waals surface area contributed by atoms with Gasteiger partial charge in [0.05, 0.1) is 5.92 Å². The number of hydrogen-bond acceptors (Lipinski definition) is 3. The number of amides is 1. The van der Waals surface area contributed by atoms with E-state index in [-0.39, 0.29) is 17.2 Å². The van der Waals surface area contributed by atoms with E-state index < -0.39 is 0 Å². The number of nitrogens with zero attached hydrogens (tertiary/aromatic N) is 1. The van der Waals surface area contributed by atoms with Crippen molar-refractivity contribution in [2.75, 3.05) is 19.6 Å². The summed E-state index contributed by atoms with van der Waals surface area (Å²) in [6, 6.07) is 0.729. The molecule has 0 aromatic carbocycles. The third kappa shape index (κ3) is 2.33. The number of piperidine rings is 1. The second kappa shape index (κ2) is 4.58. The van der Waals surface area contributed by atoms with E-state index in [1.165, 1.54) is 0 Å². The SMILES string of the molecule is CC(C)(C)C(CN)N1CCCC2C(=O)NCC21. The summed E-state index contributed by atoms with van der Waals surface area (Å²) < 4.78 is 0. The Balaban J connectivity index is 2.17. The van der Waals surface area contributed by atoms with Crippen LogP contribution in [0.25, 0.3) is 0 Å². The predicted octanol–water partition coefficient (Wildman–Crippen LogP) is 0.570. The van der Waals surface area contributed by atoms with Crippen molar-refractivity contribution in [2.45, 2.75) is 45.7 Å². The lowest BCUT2D eigenvalue weighted by molar-refractivity contribution is -0.124. The molecular weight excluding hydrogens is 214 g/mol. The molecule has 2 rings (SSSR count). The standard InChI is InChI=1S/C13H25N3O/c1-13(2,3)11(7-14)16-6-4-5-9-10(16)8-15-12(9)17/h9-11H,4-8,14H2,1-3H3,(H,15,17). The molecule has 0 aromatic rings. The van der Waals surface area contributed by atoms with Gasteiger partial charge in [-0.3, -0.25) is 9.69 Å². The van der Waals surface area contributed by atoms with E-state index in [4.69, 9.17) is 5.73 Å². The molecule has 0 aliphatic carbocycles. The zero-order valence-corrected chi connectivity index (χ0v) is 11.2. The second-order valence-corrected chi connectivity index (χ2v) is 6.42. The molecule has 0 spiro atoms. The minimum atomic E-state index is 0.169. The molecular formula is C13H25N3O. The fourth-order valence-electron chi connectivity index (χ4n) is 3.36. The Morgan fingerprint density at radius 2 is 2.24 bits per heavy atom. The molecule has 2 aliphatic heterocycles. The Kier molecular flexibility index (Phi) is 3.46. The lowest BCUT2D eigenvalue weighted by Crippen LogP contribution is -2.57. The van der Waals surface area contributed by atoms with Gasteiger partial charge in [-0.15, -0.1) is 0 Å². The van der Waals surface area contributed by atoms with Crippen LogP contribution in [0.2, 0.25) is 0 Å². The monoisotopic (exact) mass is 239 g/mol. The average Bonchev–Trinajstić information content (AvgIpc) is 2.61. The largest absolute Gasteiger partial charge is 0.354 e. The zero-order chi connectivity index (χ0) is 12.6. The Labute approximate surface area is 104 Å². The van der Waals surface area contributed by atoms with E-state index in [2.05, 4.69) is 31.0 Å². The quantitative estimate of drug-likeness (QED) is 0.741. The fraction of sp³-hybridized carbons (Fsp3) is 0.923. The molecule has 4 heteroatoms. The smallest absolute Gasteiger partial charge is 0.224 e. The summed E-state index contributed by atoms with van der Waals surface area (Å²) in [6.45, 7) is 9.25. The van der Waals surface area contributed by atoms with Crippen molar-refractivity contribution < 1.29 is 4.79 Å². The van der Waals surface area contributed by atoms with Crippen LogP contribution in [0.15, 0.2) is 0 Å². The van der Waals surface area contributed by atoms with Gasteiger partial charge in [0, 0.05) is 25.2 Å². The molecule has 1 amide bonds. The minimum absolute atomic E-state index is 0.169. The van der Waals surface area contributed by atoms with Crippen LogP contribution < -0.4 is 11.1 Å². The van der Waals surface area contributed by atoms with Gasteiger partial charge in [-0.2, -0.15) is 0 Å². The normalized spacial score (nSPS) is 32.1. The van der Waals surface area contributed by atoms with Gasteiger partial charge < -0.3 is 11.1 Å². The predicted molar refractivity (Wildman–Crippen MR) is 68.5 cm³/mol. The molecule has 3 atom stereocenters. The molecule has 4 nitrogen and oxygen atoms in total. The molecule has 2 fully saturated rings. The molecule has 2 saturated heterocycles. The molecule has 0 saturated carbocycles. The van der Waals surface area contributed by atoms with E-state index >= 15 is 0 Å². The van der Waals surface area contributed by atoms with E-state index in [1.807, 2.05) is 0 Å². The first kappa shape index (κ1) is 12.8. The van der Waals surface area contributed by atoms with Crippen LogP contribution in [0, 0.1) is 11.3 Å². The molecule has 0 bridgehead atoms. The highest BCUT2D eigenvalue weighted by Gasteiger charge is 2.44. The van der Waals surface area contributed by atoms with Gasteiger partial charge in [0.25, 0.3) is 0 Å². The molecule has 98 valence electrons. The summed E-state index contributed by atoms with van der Waals surface area (Å²) >= 11 is 0. The number of fused-ring (bicyclic) bond motifs is 1. The maximum Gasteiger partial charge on any atom is 0.224 e. The van der Waals surface area contributed by atoms with E-state index in [9.17, 15) is 4.79 Å². The Morgan fingerprint density at radius 3 is 2.82 bits per heavy atom. The molecule has 0 aromatic heterocycles. The fourth-order valence-corrected chi connectivity index (χ4v) is 3.36. The molecule has 2 heterocycles. The second-order valence-electron chi connectivity index (χ2n) is 6.42. The van der Waals surface area contributed by atoms with Crippen LogP contribution >= 0.6 is 0 Å². The number of likely N-dealkylation sites (tertiary alicyclic amines) is 1. The topological polar surface area (TPSA) is 58.4 Å². The van der Waals surface area contributed by atoms with E-state index in [1.54, 1.807) is 0 Å². The summed E-state index contributed by atoms with van der Waals surface area (Å²) in [7, 11) is 0. The van der Waals surface area contributed by atoms with Crippen molar-refractivity contribution in [1.82, 2.24) is 10.2 Å². The van der Waals surface area contributed by atoms with Crippen LogP contribution in [0.4, 0.5) is 0 Å². The van der Waals surface area contributed by atoms with Crippen LogP contribution in [0.5, 0.6) is 0 Å². The summed E-state index contributed by atoms with van der Waals surface area (Å²) in [4.78, 5) is 14.2. The number of carbonyl (C=O) groups is 1. The summed E-state index contributed by atoms with van der Waals surface area (Å²) in [6.07, 6.45) is 2.15. The van der Waals surface area contributed by atoms with E-state index in [0.29, 0.717) is 18.6 Å². The van der Waals surface area contributed by atoms with Gasteiger partial charge in [0.15, 0.2) is 0 Å². The minimum Gasteiger partial charge on any atom is -0.354 e. The Bertz CT molecular complexity index is 298. The van der Waals surface area contributed by atoms with Gasteiger partial charge in [-0.1, -0.05) is 20.8 Å². The number of hydrogen-bond donors (Lipinski definition) is 2. The maximum absolute atomic E-state index is 11.7. The summed E-state index contributed by atoms with van der Waals surface area (Å²) in [5.74, 6) is 0.435. The van der Waals surface area contributed by atoms with Gasteiger partial charge in [-0.05, 0) is 24.8 Å². The highest BCUT2D eigenvalue weighted by molar-refractivity contribution is 5.82. The Hall–Kier alpha value is -0.610. The Morgan fingerprint density at radius 1 is 1.53 bits per heavy atom. The highest BCUT2D eigenvalue weighted by Crippen LogP contribution is 2.33.